The van der Waals surface area contributed by atoms with Crippen LogP contribution in [0.15, 0.2) is 328 Å². The molecule has 4 aromatic heterocycles. The van der Waals surface area contributed by atoms with Gasteiger partial charge in [0.15, 0.2) is 0 Å². The van der Waals surface area contributed by atoms with E-state index >= 15 is 0 Å². The minimum atomic E-state index is 1.10. The predicted octanol–water partition coefficient (Wildman–Crippen LogP) is 22.4. The summed E-state index contributed by atoms with van der Waals surface area (Å²) in [7, 11) is 0. The van der Waals surface area contributed by atoms with Gasteiger partial charge in [0.05, 0.1) is 55.5 Å². The molecule has 0 saturated heterocycles. The number of aromatic nitrogens is 4. The number of hydrogen-bond donors (Lipinski definition) is 0. The van der Waals surface area contributed by atoms with Gasteiger partial charge in [-0.1, -0.05) is 231 Å². The van der Waals surface area contributed by atoms with Gasteiger partial charge in [0, 0.05) is 54.5 Å². The van der Waals surface area contributed by atoms with Gasteiger partial charge in [-0.2, -0.15) is 0 Å². The number of rotatable bonds is 9. The van der Waals surface area contributed by atoms with E-state index in [-0.39, 0.29) is 0 Å². The average Bonchev–Trinajstić information content (AvgIpc) is 1.71. The fourth-order valence-corrected chi connectivity index (χ4v) is 14.5. The molecule has 0 radical (unpaired) electrons. The topological polar surface area (TPSA) is 19.7 Å². The van der Waals surface area contributed by atoms with Crippen LogP contribution in [0.1, 0.15) is 0 Å². The predicted molar refractivity (Wildman–Crippen MR) is 371 cm³/mol. The zero-order chi connectivity index (χ0) is 57.8. The molecule has 88 heavy (non-hydrogen) atoms. The summed E-state index contributed by atoms with van der Waals surface area (Å²) in [6.07, 6.45) is 0. The van der Waals surface area contributed by atoms with E-state index in [4.69, 9.17) is 0 Å². The van der Waals surface area contributed by atoms with E-state index in [1.165, 1.54) is 104 Å². The Morgan fingerprint density at radius 2 is 0.500 bits per heavy atom. The van der Waals surface area contributed by atoms with Gasteiger partial charge in [-0.05, 0) is 153 Å². The van der Waals surface area contributed by atoms with Crippen molar-refractivity contribution < 1.29 is 0 Å². The van der Waals surface area contributed by atoms with Crippen LogP contribution >= 0.6 is 0 Å². The second kappa shape index (κ2) is 20.0. The van der Waals surface area contributed by atoms with Crippen LogP contribution in [0.5, 0.6) is 0 Å². The molecule has 0 N–H and O–H groups in total. The zero-order valence-electron chi connectivity index (χ0n) is 48.0. The molecule has 0 atom stereocenters. The lowest BCUT2D eigenvalue weighted by Gasteiger charge is -2.15. The average molecular weight is 1120 g/mol. The lowest BCUT2D eigenvalue weighted by Crippen LogP contribution is -2.00. The van der Waals surface area contributed by atoms with E-state index in [1.807, 2.05) is 0 Å². The van der Waals surface area contributed by atoms with Crippen molar-refractivity contribution in [1.82, 2.24) is 18.3 Å². The highest BCUT2D eigenvalue weighted by molar-refractivity contribution is 6.20. The Labute approximate surface area is 508 Å². The third-order valence-electron chi connectivity index (χ3n) is 18.3. The summed E-state index contributed by atoms with van der Waals surface area (Å²) >= 11 is 0. The maximum absolute atomic E-state index is 2.52. The van der Waals surface area contributed by atoms with E-state index in [0.717, 1.165) is 61.5 Å². The Hall–Kier alpha value is -11.7. The van der Waals surface area contributed by atoms with Crippen molar-refractivity contribution in [2.45, 2.75) is 0 Å². The van der Waals surface area contributed by atoms with Crippen molar-refractivity contribution in [3.8, 4) is 78.4 Å². The first-order valence-electron chi connectivity index (χ1n) is 30.3. The molecule has 0 aliphatic heterocycles. The van der Waals surface area contributed by atoms with Gasteiger partial charge < -0.3 is 18.3 Å². The molecule has 0 unspecified atom stereocenters. The highest BCUT2D eigenvalue weighted by atomic mass is 15.1. The molecule has 0 aliphatic carbocycles. The Morgan fingerprint density at radius 1 is 0.170 bits per heavy atom. The lowest BCUT2D eigenvalue weighted by molar-refractivity contribution is 1.13. The van der Waals surface area contributed by atoms with E-state index in [9.17, 15) is 0 Å². The molecule has 0 spiro atoms. The number of hydrogen-bond acceptors (Lipinski definition) is 0. The van der Waals surface area contributed by atoms with Crippen LogP contribution in [0.4, 0.5) is 0 Å². The Balaban J connectivity index is 0.771. The van der Waals surface area contributed by atoms with Gasteiger partial charge in [-0.25, -0.2) is 0 Å². The number of nitrogens with zero attached hydrogens (tertiary/aromatic N) is 4. The fourth-order valence-electron chi connectivity index (χ4n) is 14.5. The van der Waals surface area contributed by atoms with Crippen LogP contribution in [0.25, 0.3) is 166 Å². The van der Waals surface area contributed by atoms with Crippen LogP contribution < -0.4 is 0 Å². The first kappa shape index (κ1) is 49.7. The summed E-state index contributed by atoms with van der Waals surface area (Å²) in [6, 6.07) is 121. The summed E-state index contributed by atoms with van der Waals surface area (Å²) in [5.41, 5.74) is 25.7. The van der Waals surface area contributed by atoms with Gasteiger partial charge in [0.25, 0.3) is 0 Å². The first-order valence-corrected chi connectivity index (χ1v) is 30.3. The van der Waals surface area contributed by atoms with E-state index in [0.29, 0.717) is 0 Å². The van der Waals surface area contributed by atoms with E-state index < -0.39 is 0 Å². The SMILES string of the molecule is c1ccc(-c2cccc(-c3cccc(-n4c5cccc(-c6cccc(-c7cccc(-c8cccc(-n9c%10ccccc%10c%10c(-n%11c%12ccccc%12c%12ccccc%12%11)cccc%109)c8)c7)c6)c5c5cccc(-n6c7ccccc7c7ccccc76)c54)c3)c2)cc1. The molecule has 0 saturated carbocycles. The highest BCUT2D eigenvalue weighted by Gasteiger charge is 2.24. The molecule has 18 rings (SSSR count). The second-order valence-corrected chi connectivity index (χ2v) is 23.2. The third-order valence-corrected chi connectivity index (χ3v) is 18.3. The van der Waals surface area contributed by atoms with E-state index in [1.54, 1.807) is 0 Å². The molecule has 0 amide bonds. The lowest BCUT2D eigenvalue weighted by atomic mass is 9.94. The molecular formula is C84H54N4. The molecule has 0 bridgehead atoms. The minimum absolute atomic E-state index is 1.10. The Morgan fingerprint density at radius 3 is 1.05 bits per heavy atom. The molecule has 14 aromatic carbocycles. The molecule has 4 heteroatoms. The summed E-state index contributed by atoms with van der Waals surface area (Å²) < 4.78 is 9.90. The van der Waals surface area contributed by atoms with Gasteiger partial charge in [0.1, 0.15) is 0 Å². The van der Waals surface area contributed by atoms with Crippen molar-refractivity contribution in [1.29, 1.82) is 0 Å². The molecule has 0 fully saturated rings. The van der Waals surface area contributed by atoms with Crippen molar-refractivity contribution in [2.24, 2.45) is 0 Å². The fraction of sp³-hybridized carbons (Fsp3) is 0. The number of fused-ring (bicyclic) bond motifs is 12. The van der Waals surface area contributed by atoms with Crippen LogP contribution in [0.3, 0.4) is 0 Å². The van der Waals surface area contributed by atoms with Crippen LogP contribution in [-0.2, 0) is 0 Å². The van der Waals surface area contributed by atoms with Crippen LogP contribution in [-0.4, -0.2) is 18.3 Å². The largest absolute Gasteiger partial charge is 0.309 e. The maximum atomic E-state index is 2.52. The van der Waals surface area contributed by atoms with Gasteiger partial charge >= 0.3 is 0 Å². The molecule has 4 nitrogen and oxygen atoms in total. The van der Waals surface area contributed by atoms with Gasteiger partial charge in [-0.3, -0.25) is 0 Å². The summed E-state index contributed by atoms with van der Waals surface area (Å²) in [4.78, 5) is 0. The number of para-hydroxylation sites is 6. The smallest absolute Gasteiger partial charge is 0.0782 e. The molecule has 410 valence electrons. The first-order chi connectivity index (χ1) is 43.7. The summed E-state index contributed by atoms with van der Waals surface area (Å²) in [5.74, 6) is 0. The van der Waals surface area contributed by atoms with E-state index in [2.05, 4.69) is 346 Å². The van der Waals surface area contributed by atoms with Crippen molar-refractivity contribution in [2.75, 3.05) is 0 Å². The van der Waals surface area contributed by atoms with Crippen LogP contribution in [0.2, 0.25) is 0 Å². The molecule has 18 aromatic rings. The molecule has 4 heterocycles. The summed E-state index contributed by atoms with van der Waals surface area (Å²) in [6.45, 7) is 0. The monoisotopic (exact) mass is 1120 g/mol. The van der Waals surface area contributed by atoms with Gasteiger partial charge in [0.2, 0.25) is 0 Å². The van der Waals surface area contributed by atoms with Gasteiger partial charge in [-0.15, -0.1) is 0 Å². The van der Waals surface area contributed by atoms with Crippen molar-refractivity contribution in [3.63, 3.8) is 0 Å². The highest BCUT2D eigenvalue weighted by Crippen LogP contribution is 2.45. The molecule has 0 aliphatic rings. The second-order valence-electron chi connectivity index (χ2n) is 23.2. The Bertz CT molecular complexity index is 5720. The van der Waals surface area contributed by atoms with Crippen LogP contribution in [0, 0.1) is 0 Å². The summed E-state index contributed by atoms with van der Waals surface area (Å²) in [5, 5.41) is 9.85. The normalized spacial score (nSPS) is 11.9. The zero-order valence-corrected chi connectivity index (χ0v) is 48.0. The Kier molecular flexibility index (Phi) is 11.3. The molecular weight excluding hydrogens is 1060 g/mol. The van der Waals surface area contributed by atoms with Crippen molar-refractivity contribution in [3.05, 3.63) is 328 Å². The standard InChI is InChI=1S/C84H54N4/c1-2-22-55(23-3-1)56-24-14-26-58(50-56)62-30-18-33-65(54-62)86-78-46-19-39-66(82(78)72-40-20-49-81(84(72)86)88-75-43-11-6-36-69(75)70-37-7-12-44-76(70)88)63-31-16-28-60(52-63)57-25-15-27-59(51-57)61-29-17-32-64(53-61)85-77-45-13-8-38-71(77)83-79(85)47-21-48-80(83)87-73-41-9-4-34-67(73)68-35-5-10-42-74(68)87/h1-54H. The number of benzene rings is 14. The quantitative estimate of drug-likeness (QED) is 0.137. The van der Waals surface area contributed by atoms with Crippen molar-refractivity contribution >= 4 is 87.2 Å². The minimum Gasteiger partial charge on any atom is -0.309 e. The maximum Gasteiger partial charge on any atom is 0.0782 e. The third kappa shape index (κ3) is 7.72.